The number of hydrogen-bond donors (Lipinski definition) is 1. The van der Waals surface area contributed by atoms with Crippen LogP contribution in [0.4, 0.5) is 0 Å². The van der Waals surface area contributed by atoms with E-state index in [4.69, 9.17) is 16.3 Å². The zero-order valence-corrected chi connectivity index (χ0v) is 12.7. The lowest BCUT2D eigenvalue weighted by molar-refractivity contribution is 0.0600. The molecule has 0 aromatic heterocycles. The highest BCUT2D eigenvalue weighted by Crippen LogP contribution is 2.30. The van der Waals surface area contributed by atoms with Crippen LogP contribution in [0.5, 0.6) is 5.75 Å². The summed E-state index contributed by atoms with van der Waals surface area (Å²) in [6.45, 7) is 0. The first-order valence-electron chi connectivity index (χ1n) is 6.27. The third-order valence-electron chi connectivity index (χ3n) is 3.14. The molecule has 0 aliphatic rings. The highest BCUT2D eigenvalue weighted by molar-refractivity contribution is 6.33. The molecule has 0 amide bonds. The van der Waals surface area contributed by atoms with E-state index in [0.29, 0.717) is 16.9 Å². The average Bonchev–Trinajstić information content (AvgIpc) is 2.53. The van der Waals surface area contributed by atoms with E-state index in [9.17, 15) is 14.7 Å². The first-order valence-corrected chi connectivity index (χ1v) is 6.65. The lowest BCUT2D eigenvalue weighted by atomic mass is 9.98. The molecule has 1 N–H and O–H groups in total. The van der Waals surface area contributed by atoms with Crippen LogP contribution < -0.4 is 4.74 Å². The molecule has 2 aromatic rings. The zero-order chi connectivity index (χ0) is 16.3. The Morgan fingerprint density at radius 1 is 1.05 bits per heavy atom. The van der Waals surface area contributed by atoms with Crippen LogP contribution >= 0.6 is 11.6 Å². The monoisotopic (exact) mass is 320 g/mol. The minimum Gasteiger partial charge on any atom is -0.497 e. The molecule has 114 valence electrons. The van der Waals surface area contributed by atoms with Crippen molar-refractivity contribution in [3.05, 3.63) is 52.5 Å². The predicted molar refractivity (Wildman–Crippen MR) is 81.7 cm³/mol. The summed E-state index contributed by atoms with van der Waals surface area (Å²) in [5.74, 6) is -1.19. The second-order valence-electron chi connectivity index (χ2n) is 4.40. The van der Waals surface area contributed by atoms with Gasteiger partial charge >= 0.3 is 11.9 Å². The smallest absolute Gasteiger partial charge is 0.339 e. The number of aromatic carboxylic acids is 1. The number of rotatable bonds is 4. The molecule has 0 unspecified atom stereocenters. The number of hydrogen-bond acceptors (Lipinski definition) is 4. The van der Waals surface area contributed by atoms with E-state index in [-0.39, 0.29) is 16.1 Å². The van der Waals surface area contributed by atoms with E-state index in [2.05, 4.69) is 4.74 Å². The van der Waals surface area contributed by atoms with Gasteiger partial charge in [-0.25, -0.2) is 9.59 Å². The summed E-state index contributed by atoms with van der Waals surface area (Å²) in [6, 6.07) is 9.36. The van der Waals surface area contributed by atoms with Crippen LogP contribution in [0.2, 0.25) is 5.02 Å². The van der Waals surface area contributed by atoms with Crippen LogP contribution in [0, 0.1) is 0 Å². The van der Waals surface area contributed by atoms with E-state index >= 15 is 0 Å². The van der Waals surface area contributed by atoms with Crippen molar-refractivity contribution in [2.45, 2.75) is 0 Å². The SMILES string of the molecule is COC(=O)c1ccc(-c2ccc(OC)cc2C(=O)O)cc1Cl. The first-order chi connectivity index (χ1) is 10.5. The van der Waals surface area contributed by atoms with Crippen molar-refractivity contribution in [3.8, 4) is 16.9 Å². The lowest BCUT2D eigenvalue weighted by Crippen LogP contribution is -2.03. The van der Waals surface area contributed by atoms with Gasteiger partial charge in [-0.1, -0.05) is 17.7 Å². The molecule has 2 aromatic carbocycles. The van der Waals surface area contributed by atoms with Gasteiger partial charge in [0.15, 0.2) is 0 Å². The molecular weight excluding hydrogens is 308 g/mol. The molecule has 5 nitrogen and oxygen atoms in total. The molecule has 0 spiro atoms. The Labute approximate surface area is 132 Å². The van der Waals surface area contributed by atoms with Gasteiger partial charge in [0.05, 0.1) is 30.4 Å². The summed E-state index contributed by atoms with van der Waals surface area (Å²) < 4.78 is 9.66. The Morgan fingerprint density at radius 3 is 2.32 bits per heavy atom. The van der Waals surface area contributed by atoms with Crippen molar-refractivity contribution in [1.82, 2.24) is 0 Å². The Kier molecular flexibility index (Phi) is 4.68. The molecule has 2 rings (SSSR count). The number of carbonyl (C=O) groups is 2. The Morgan fingerprint density at radius 2 is 1.77 bits per heavy atom. The highest BCUT2D eigenvalue weighted by Gasteiger charge is 2.16. The maximum absolute atomic E-state index is 11.5. The van der Waals surface area contributed by atoms with E-state index < -0.39 is 11.9 Å². The van der Waals surface area contributed by atoms with Gasteiger partial charge in [-0.3, -0.25) is 0 Å². The lowest BCUT2D eigenvalue weighted by Gasteiger charge is -2.10. The molecule has 0 radical (unpaired) electrons. The third kappa shape index (κ3) is 3.04. The number of halogens is 1. The summed E-state index contributed by atoms with van der Waals surface area (Å²) in [5.41, 5.74) is 1.36. The van der Waals surface area contributed by atoms with Gasteiger partial charge in [-0.05, 0) is 41.5 Å². The summed E-state index contributed by atoms with van der Waals surface area (Å²) in [7, 11) is 2.72. The summed E-state index contributed by atoms with van der Waals surface area (Å²) in [6.07, 6.45) is 0. The highest BCUT2D eigenvalue weighted by atomic mass is 35.5. The molecule has 0 aliphatic carbocycles. The predicted octanol–water partition coefficient (Wildman–Crippen LogP) is 3.50. The van der Waals surface area contributed by atoms with Gasteiger partial charge in [-0.15, -0.1) is 0 Å². The van der Waals surface area contributed by atoms with E-state index in [0.717, 1.165) is 0 Å². The fourth-order valence-corrected chi connectivity index (χ4v) is 2.29. The largest absolute Gasteiger partial charge is 0.497 e. The van der Waals surface area contributed by atoms with Crippen molar-refractivity contribution in [1.29, 1.82) is 0 Å². The molecule has 0 saturated heterocycles. The maximum Gasteiger partial charge on any atom is 0.339 e. The molecule has 0 atom stereocenters. The fourth-order valence-electron chi connectivity index (χ4n) is 2.04. The minimum atomic E-state index is -1.08. The number of carboxylic acids is 1. The topological polar surface area (TPSA) is 72.8 Å². The average molecular weight is 321 g/mol. The number of ether oxygens (including phenoxy) is 2. The van der Waals surface area contributed by atoms with Crippen LogP contribution in [-0.2, 0) is 4.74 Å². The second kappa shape index (κ2) is 6.49. The van der Waals surface area contributed by atoms with Crippen LogP contribution in [0.25, 0.3) is 11.1 Å². The van der Waals surface area contributed by atoms with Crippen LogP contribution in [-0.4, -0.2) is 31.3 Å². The Bertz CT molecular complexity index is 739. The number of benzene rings is 2. The fraction of sp³-hybridized carbons (Fsp3) is 0.125. The van der Waals surface area contributed by atoms with Gasteiger partial charge in [-0.2, -0.15) is 0 Å². The zero-order valence-electron chi connectivity index (χ0n) is 11.9. The van der Waals surface area contributed by atoms with E-state index in [1.165, 1.54) is 32.4 Å². The number of esters is 1. The number of carboxylic acid groups (broad SMARTS) is 1. The molecule has 0 heterocycles. The normalized spacial score (nSPS) is 10.1. The van der Waals surface area contributed by atoms with Crippen molar-refractivity contribution in [2.75, 3.05) is 14.2 Å². The van der Waals surface area contributed by atoms with E-state index in [1.807, 2.05) is 0 Å². The van der Waals surface area contributed by atoms with Crippen molar-refractivity contribution >= 4 is 23.5 Å². The van der Waals surface area contributed by atoms with Gasteiger partial charge in [0, 0.05) is 0 Å². The number of methoxy groups -OCH3 is 2. The van der Waals surface area contributed by atoms with Crippen LogP contribution in [0.3, 0.4) is 0 Å². The molecule has 0 fully saturated rings. The maximum atomic E-state index is 11.5. The summed E-state index contributed by atoms with van der Waals surface area (Å²) in [4.78, 5) is 22.9. The standard InChI is InChI=1S/C16H13ClO5/c1-21-10-4-6-11(13(8-10)15(18)19)9-3-5-12(14(17)7-9)16(20)22-2/h3-8H,1-2H3,(H,18,19). The van der Waals surface area contributed by atoms with Gasteiger partial charge in [0.1, 0.15) is 5.75 Å². The molecule has 0 saturated carbocycles. The molecular formula is C16H13ClO5. The molecule has 0 aliphatic heterocycles. The quantitative estimate of drug-likeness (QED) is 0.873. The second-order valence-corrected chi connectivity index (χ2v) is 4.81. The van der Waals surface area contributed by atoms with Crippen LogP contribution in [0.15, 0.2) is 36.4 Å². The number of carbonyl (C=O) groups excluding carboxylic acids is 1. The van der Waals surface area contributed by atoms with Crippen LogP contribution in [0.1, 0.15) is 20.7 Å². The Balaban J connectivity index is 2.55. The third-order valence-corrected chi connectivity index (χ3v) is 3.46. The molecule has 22 heavy (non-hydrogen) atoms. The van der Waals surface area contributed by atoms with Crippen molar-refractivity contribution < 1.29 is 24.2 Å². The summed E-state index contributed by atoms with van der Waals surface area (Å²) in [5, 5.41) is 9.53. The van der Waals surface area contributed by atoms with Gasteiger partial charge in [0.2, 0.25) is 0 Å². The summed E-state index contributed by atoms with van der Waals surface area (Å²) >= 11 is 6.07. The van der Waals surface area contributed by atoms with Crippen molar-refractivity contribution in [3.63, 3.8) is 0 Å². The van der Waals surface area contributed by atoms with Gasteiger partial charge < -0.3 is 14.6 Å². The first kappa shape index (κ1) is 15.9. The minimum absolute atomic E-state index is 0.0845. The molecule has 6 heteroatoms. The van der Waals surface area contributed by atoms with Crippen molar-refractivity contribution in [2.24, 2.45) is 0 Å². The van der Waals surface area contributed by atoms with E-state index in [1.54, 1.807) is 18.2 Å². The van der Waals surface area contributed by atoms with Gasteiger partial charge in [0.25, 0.3) is 0 Å². The Hall–Kier alpha value is -2.53. The molecule has 0 bridgehead atoms.